The number of hydrogen-bond acceptors (Lipinski definition) is 2. The Morgan fingerprint density at radius 2 is 2.27 bits per heavy atom. The molecule has 0 atom stereocenters. The first-order valence-electron chi connectivity index (χ1n) is 4.76. The number of rotatable bonds is 4. The van der Waals surface area contributed by atoms with Crippen LogP contribution in [0.5, 0.6) is 0 Å². The molecule has 82 valence electrons. The maximum absolute atomic E-state index is 12.8. The molecule has 0 radical (unpaired) electrons. The fourth-order valence-corrected chi connectivity index (χ4v) is 1.44. The smallest absolute Gasteiger partial charge is 0.229 e. The van der Waals surface area contributed by atoms with Gasteiger partial charge in [0.1, 0.15) is 5.82 Å². The summed E-state index contributed by atoms with van der Waals surface area (Å²) in [5, 5.41) is 2.71. The van der Waals surface area contributed by atoms with Gasteiger partial charge < -0.3 is 5.32 Å². The minimum absolute atomic E-state index is 0.0851. The summed E-state index contributed by atoms with van der Waals surface area (Å²) < 4.78 is 12.8. The first-order valence-corrected chi connectivity index (χ1v) is 5.39. The molecule has 15 heavy (non-hydrogen) atoms. The molecule has 0 saturated heterocycles. The van der Waals surface area contributed by atoms with Gasteiger partial charge in [0.05, 0.1) is 5.75 Å². The Labute approximate surface area is 94.3 Å². The second-order valence-corrected chi connectivity index (χ2v) is 3.65. The molecule has 0 unspecified atom stereocenters. The van der Waals surface area contributed by atoms with E-state index < -0.39 is 0 Å². The maximum Gasteiger partial charge on any atom is 0.229 e. The van der Waals surface area contributed by atoms with Crippen LogP contribution in [0.25, 0.3) is 0 Å². The summed E-state index contributed by atoms with van der Waals surface area (Å²) in [5.41, 5.74) is 1.96. The molecule has 1 aromatic rings. The van der Waals surface area contributed by atoms with E-state index in [9.17, 15) is 9.18 Å². The van der Waals surface area contributed by atoms with Crippen molar-refractivity contribution in [2.75, 3.05) is 12.3 Å². The number of hydrogen-bond donors (Lipinski definition) is 2. The Morgan fingerprint density at radius 3 is 2.87 bits per heavy atom. The van der Waals surface area contributed by atoms with Crippen LogP contribution in [0.15, 0.2) is 18.2 Å². The van der Waals surface area contributed by atoms with Crippen molar-refractivity contribution in [3.8, 4) is 0 Å². The predicted octanol–water partition coefficient (Wildman–Crippen LogP) is 1.72. The van der Waals surface area contributed by atoms with Gasteiger partial charge in [-0.15, -0.1) is 0 Å². The number of carbonyl (C=O) groups excluding carboxylic acids is 1. The minimum atomic E-state index is -0.226. The summed E-state index contributed by atoms with van der Waals surface area (Å²) in [6.45, 7) is 2.42. The molecule has 0 spiro atoms. The largest absolute Gasteiger partial charge is 0.355 e. The van der Waals surface area contributed by atoms with Crippen molar-refractivity contribution in [2.45, 2.75) is 13.3 Å². The van der Waals surface area contributed by atoms with Gasteiger partial charge in [-0.05, 0) is 36.6 Å². The molecule has 0 aliphatic heterocycles. The standard InChI is InChI=1S/C11H14FNOS/c1-8-6-10(12)3-2-9(8)4-5-13-11(14)7-15/h2-3,6,15H,4-5,7H2,1H3,(H,13,14). The van der Waals surface area contributed by atoms with E-state index in [1.807, 2.05) is 6.92 Å². The number of halogens is 1. The predicted molar refractivity (Wildman–Crippen MR) is 61.7 cm³/mol. The lowest BCUT2D eigenvalue weighted by Gasteiger charge is -2.06. The van der Waals surface area contributed by atoms with Crippen LogP contribution in [-0.4, -0.2) is 18.2 Å². The highest BCUT2D eigenvalue weighted by atomic mass is 32.1. The van der Waals surface area contributed by atoms with E-state index in [0.717, 1.165) is 11.1 Å². The van der Waals surface area contributed by atoms with Crippen LogP contribution < -0.4 is 5.32 Å². The molecular weight excluding hydrogens is 213 g/mol. The van der Waals surface area contributed by atoms with E-state index in [-0.39, 0.29) is 17.5 Å². The summed E-state index contributed by atoms with van der Waals surface area (Å²) in [6.07, 6.45) is 0.714. The van der Waals surface area contributed by atoms with Crippen molar-refractivity contribution in [3.05, 3.63) is 35.1 Å². The molecule has 0 aliphatic carbocycles. The zero-order chi connectivity index (χ0) is 11.3. The van der Waals surface area contributed by atoms with Gasteiger partial charge in [-0.3, -0.25) is 4.79 Å². The second-order valence-electron chi connectivity index (χ2n) is 3.33. The molecule has 1 amide bonds. The van der Waals surface area contributed by atoms with E-state index >= 15 is 0 Å². The molecule has 1 N–H and O–H groups in total. The van der Waals surface area contributed by atoms with Gasteiger partial charge in [-0.2, -0.15) is 12.6 Å². The molecule has 2 nitrogen and oxygen atoms in total. The lowest BCUT2D eigenvalue weighted by molar-refractivity contribution is -0.118. The van der Waals surface area contributed by atoms with E-state index in [4.69, 9.17) is 0 Å². The summed E-state index contributed by atoms with van der Waals surface area (Å²) in [7, 11) is 0. The number of aryl methyl sites for hydroxylation is 1. The highest BCUT2D eigenvalue weighted by Crippen LogP contribution is 2.10. The Morgan fingerprint density at radius 1 is 1.53 bits per heavy atom. The molecule has 1 aromatic carbocycles. The van der Waals surface area contributed by atoms with E-state index in [0.29, 0.717) is 13.0 Å². The SMILES string of the molecule is Cc1cc(F)ccc1CCNC(=O)CS. The third-order valence-electron chi connectivity index (χ3n) is 2.16. The Hall–Kier alpha value is -1.03. The van der Waals surface area contributed by atoms with Crippen molar-refractivity contribution < 1.29 is 9.18 Å². The van der Waals surface area contributed by atoms with Gasteiger partial charge in [0.2, 0.25) is 5.91 Å². The molecule has 0 bridgehead atoms. The lowest BCUT2D eigenvalue weighted by atomic mass is 10.1. The maximum atomic E-state index is 12.8. The number of nitrogens with one attached hydrogen (secondary N) is 1. The molecule has 0 heterocycles. The van der Waals surface area contributed by atoms with Gasteiger partial charge in [-0.1, -0.05) is 6.07 Å². The highest BCUT2D eigenvalue weighted by Gasteiger charge is 2.01. The van der Waals surface area contributed by atoms with Crippen LogP contribution in [0.2, 0.25) is 0 Å². The average Bonchev–Trinajstić information content (AvgIpc) is 2.21. The van der Waals surface area contributed by atoms with Gasteiger partial charge >= 0.3 is 0 Å². The van der Waals surface area contributed by atoms with E-state index in [1.165, 1.54) is 12.1 Å². The topological polar surface area (TPSA) is 29.1 Å². The molecular formula is C11H14FNOS. The van der Waals surface area contributed by atoms with Crippen molar-refractivity contribution in [1.82, 2.24) is 5.32 Å². The van der Waals surface area contributed by atoms with E-state index in [1.54, 1.807) is 6.07 Å². The number of amides is 1. The van der Waals surface area contributed by atoms with Crippen LogP contribution in [0, 0.1) is 12.7 Å². The third kappa shape index (κ3) is 3.91. The normalized spacial score (nSPS) is 10.1. The first kappa shape index (κ1) is 12.0. The molecule has 0 saturated carbocycles. The van der Waals surface area contributed by atoms with Gasteiger partial charge in [0, 0.05) is 6.54 Å². The van der Waals surface area contributed by atoms with Crippen molar-refractivity contribution >= 4 is 18.5 Å². The van der Waals surface area contributed by atoms with Crippen LogP contribution in [0.1, 0.15) is 11.1 Å². The summed E-state index contributed by atoms with van der Waals surface area (Å²) in [4.78, 5) is 10.9. The quantitative estimate of drug-likeness (QED) is 0.754. The fourth-order valence-electron chi connectivity index (χ4n) is 1.33. The number of thiol groups is 1. The summed E-state index contributed by atoms with van der Waals surface area (Å²) in [6, 6.07) is 4.68. The van der Waals surface area contributed by atoms with Crippen molar-refractivity contribution in [3.63, 3.8) is 0 Å². The van der Waals surface area contributed by atoms with Crippen LogP contribution in [0.4, 0.5) is 4.39 Å². The van der Waals surface area contributed by atoms with Crippen LogP contribution >= 0.6 is 12.6 Å². The number of carbonyl (C=O) groups is 1. The van der Waals surface area contributed by atoms with E-state index in [2.05, 4.69) is 17.9 Å². The molecule has 0 aliphatic rings. The second kappa shape index (κ2) is 5.75. The summed E-state index contributed by atoms with van der Waals surface area (Å²) in [5.74, 6) is -0.115. The van der Waals surface area contributed by atoms with Crippen molar-refractivity contribution in [2.24, 2.45) is 0 Å². The fraction of sp³-hybridized carbons (Fsp3) is 0.364. The Balaban J connectivity index is 2.47. The molecule has 0 aromatic heterocycles. The molecule has 1 rings (SSSR count). The molecule has 4 heteroatoms. The van der Waals surface area contributed by atoms with Crippen molar-refractivity contribution in [1.29, 1.82) is 0 Å². The minimum Gasteiger partial charge on any atom is -0.355 e. The van der Waals surface area contributed by atoms with Gasteiger partial charge in [0.15, 0.2) is 0 Å². The molecule has 0 fully saturated rings. The zero-order valence-electron chi connectivity index (χ0n) is 8.59. The number of benzene rings is 1. The average molecular weight is 227 g/mol. The van der Waals surface area contributed by atoms with Crippen LogP contribution in [-0.2, 0) is 11.2 Å². The van der Waals surface area contributed by atoms with Gasteiger partial charge in [0.25, 0.3) is 0 Å². The summed E-state index contributed by atoms with van der Waals surface area (Å²) >= 11 is 3.85. The Bertz CT molecular complexity index is 354. The monoisotopic (exact) mass is 227 g/mol. The van der Waals surface area contributed by atoms with Crippen LogP contribution in [0.3, 0.4) is 0 Å². The first-order chi connectivity index (χ1) is 7.13. The Kier molecular flexibility index (Phi) is 4.62. The zero-order valence-corrected chi connectivity index (χ0v) is 9.48. The lowest BCUT2D eigenvalue weighted by Crippen LogP contribution is -2.26. The van der Waals surface area contributed by atoms with Gasteiger partial charge in [-0.25, -0.2) is 4.39 Å². The highest BCUT2D eigenvalue weighted by molar-refractivity contribution is 7.81. The third-order valence-corrected chi connectivity index (χ3v) is 2.45.